The molecule has 1 atom stereocenters. The summed E-state index contributed by atoms with van der Waals surface area (Å²) in [4.78, 5) is 10.4. The molecule has 31 heavy (non-hydrogen) atoms. The van der Waals surface area contributed by atoms with Crippen LogP contribution in [0, 0.1) is 0 Å². The number of anilines is 1. The molecule has 0 radical (unpaired) electrons. The second kappa shape index (κ2) is 9.17. The molecule has 2 aliphatic heterocycles. The SMILES string of the molecule is O=S(=O)(NCC1CCCO1)c1ccc(S(=O)(=O)N2CCN(c3ncccn3)CC2)cc1. The Balaban J connectivity index is 1.39. The Morgan fingerprint density at radius 2 is 1.61 bits per heavy atom. The van der Waals surface area contributed by atoms with Gasteiger partial charge in [0.05, 0.1) is 15.9 Å². The number of hydrogen-bond acceptors (Lipinski definition) is 8. The van der Waals surface area contributed by atoms with Crippen LogP contribution in [0.3, 0.4) is 0 Å². The van der Waals surface area contributed by atoms with Gasteiger partial charge in [-0.05, 0) is 43.2 Å². The molecule has 2 aromatic rings. The van der Waals surface area contributed by atoms with E-state index in [0.29, 0.717) is 38.7 Å². The van der Waals surface area contributed by atoms with E-state index in [9.17, 15) is 16.8 Å². The molecule has 4 rings (SSSR count). The van der Waals surface area contributed by atoms with Crippen LogP contribution in [-0.4, -0.2) is 76.5 Å². The zero-order valence-corrected chi connectivity index (χ0v) is 18.6. The average molecular weight is 468 g/mol. The van der Waals surface area contributed by atoms with E-state index in [4.69, 9.17) is 4.74 Å². The number of sulfonamides is 2. The highest BCUT2D eigenvalue weighted by atomic mass is 32.2. The van der Waals surface area contributed by atoms with Crippen molar-refractivity contribution in [1.29, 1.82) is 0 Å². The van der Waals surface area contributed by atoms with Gasteiger partial charge in [-0.15, -0.1) is 0 Å². The zero-order valence-electron chi connectivity index (χ0n) is 16.9. The maximum absolute atomic E-state index is 13.0. The lowest BCUT2D eigenvalue weighted by Crippen LogP contribution is -2.49. The number of rotatable bonds is 7. The fraction of sp³-hybridized carbons (Fsp3) is 0.474. The Hall–Kier alpha value is -2.12. The van der Waals surface area contributed by atoms with Crippen LogP contribution < -0.4 is 9.62 Å². The molecule has 0 spiro atoms. The van der Waals surface area contributed by atoms with Gasteiger partial charge in [-0.1, -0.05) is 0 Å². The average Bonchev–Trinajstić information content (AvgIpc) is 3.32. The number of benzene rings is 1. The van der Waals surface area contributed by atoms with Crippen LogP contribution in [0.1, 0.15) is 12.8 Å². The molecule has 12 heteroatoms. The minimum absolute atomic E-state index is 0.0236. The molecule has 2 aliphatic rings. The quantitative estimate of drug-likeness (QED) is 0.623. The van der Waals surface area contributed by atoms with Crippen molar-refractivity contribution >= 4 is 26.0 Å². The van der Waals surface area contributed by atoms with E-state index in [-0.39, 0.29) is 22.4 Å². The molecule has 1 aromatic carbocycles. The molecule has 1 N–H and O–H groups in total. The van der Waals surface area contributed by atoms with E-state index in [2.05, 4.69) is 14.7 Å². The first-order valence-electron chi connectivity index (χ1n) is 10.1. The Morgan fingerprint density at radius 3 is 2.23 bits per heavy atom. The minimum atomic E-state index is -3.73. The standard InChI is InChI=1S/C19H25N5O5S2/c25-30(26,22-15-16-3-1-14-29-16)17-4-6-18(7-5-17)31(27,28)24-12-10-23(11-13-24)19-20-8-2-9-21-19/h2,4-9,16,22H,1,3,10-15H2. The number of aromatic nitrogens is 2. The van der Waals surface area contributed by atoms with Crippen molar-refractivity contribution in [3.05, 3.63) is 42.7 Å². The van der Waals surface area contributed by atoms with Crippen molar-refractivity contribution in [2.24, 2.45) is 0 Å². The van der Waals surface area contributed by atoms with E-state index in [1.54, 1.807) is 18.5 Å². The van der Waals surface area contributed by atoms with E-state index in [1.165, 1.54) is 28.6 Å². The molecule has 0 aliphatic carbocycles. The van der Waals surface area contributed by atoms with Gasteiger partial charge in [0.15, 0.2) is 0 Å². The number of ether oxygens (including phenoxy) is 1. The van der Waals surface area contributed by atoms with E-state index >= 15 is 0 Å². The van der Waals surface area contributed by atoms with Crippen LogP contribution >= 0.6 is 0 Å². The van der Waals surface area contributed by atoms with Crippen molar-refractivity contribution in [2.75, 3.05) is 44.2 Å². The van der Waals surface area contributed by atoms with Crippen LogP contribution in [-0.2, 0) is 24.8 Å². The number of piperazine rings is 1. The molecule has 0 saturated carbocycles. The smallest absolute Gasteiger partial charge is 0.243 e. The fourth-order valence-electron chi connectivity index (χ4n) is 3.61. The van der Waals surface area contributed by atoms with E-state index in [1.807, 2.05) is 4.90 Å². The first-order chi connectivity index (χ1) is 14.9. The summed E-state index contributed by atoms with van der Waals surface area (Å²) >= 11 is 0. The van der Waals surface area contributed by atoms with Crippen LogP contribution in [0.2, 0.25) is 0 Å². The summed E-state index contributed by atoms with van der Waals surface area (Å²) in [5.41, 5.74) is 0. The van der Waals surface area contributed by atoms with Gasteiger partial charge in [0.25, 0.3) is 0 Å². The summed E-state index contributed by atoms with van der Waals surface area (Å²) in [6.07, 6.45) is 4.93. The van der Waals surface area contributed by atoms with E-state index < -0.39 is 20.0 Å². The fourth-order valence-corrected chi connectivity index (χ4v) is 6.10. The lowest BCUT2D eigenvalue weighted by molar-refractivity contribution is 0.114. The van der Waals surface area contributed by atoms with Crippen LogP contribution in [0.25, 0.3) is 0 Å². The molecule has 2 fully saturated rings. The zero-order chi connectivity index (χ0) is 21.9. The summed E-state index contributed by atoms with van der Waals surface area (Å²) in [5, 5.41) is 0. The lowest BCUT2D eigenvalue weighted by atomic mass is 10.2. The van der Waals surface area contributed by atoms with Crippen LogP contribution in [0.15, 0.2) is 52.5 Å². The summed E-state index contributed by atoms with van der Waals surface area (Å²) in [5.74, 6) is 0.574. The van der Waals surface area contributed by atoms with Crippen LogP contribution in [0.5, 0.6) is 0 Å². The summed E-state index contributed by atoms with van der Waals surface area (Å²) in [7, 11) is -7.46. The molecule has 1 unspecified atom stereocenters. The van der Waals surface area contributed by atoms with Gasteiger partial charge >= 0.3 is 0 Å². The molecule has 10 nitrogen and oxygen atoms in total. The molecule has 0 bridgehead atoms. The lowest BCUT2D eigenvalue weighted by Gasteiger charge is -2.33. The first-order valence-corrected chi connectivity index (χ1v) is 13.0. The summed E-state index contributed by atoms with van der Waals surface area (Å²) in [6.45, 7) is 2.39. The van der Waals surface area contributed by atoms with Gasteiger partial charge in [0, 0.05) is 51.7 Å². The number of nitrogens with zero attached hydrogens (tertiary/aromatic N) is 4. The van der Waals surface area contributed by atoms with Gasteiger partial charge < -0.3 is 9.64 Å². The Labute approximate surface area is 182 Å². The third-order valence-corrected chi connectivity index (χ3v) is 8.72. The summed E-state index contributed by atoms with van der Waals surface area (Å²) < 4.78 is 60.3. The molecule has 3 heterocycles. The molecular formula is C19H25N5O5S2. The monoisotopic (exact) mass is 467 g/mol. The van der Waals surface area contributed by atoms with Crippen molar-refractivity contribution in [3.8, 4) is 0 Å². The Bertz CT molecular complexity index is 1080. The first kappa shape index (κ1) is 22.1. The second-order valence-electron chi connectivity index (χ2n) is 7.40. The van der Waals surface area contributed by atoms with Gasteiger partial charge in [0.1, 0.15) is 0 Å². The number of hydrogen-bond donors (Lipinski definition) is 1. The third-order valence-electron chi connectivity index (χ3n) is 5.37. The molecule has 2 saturated heterocycles. The molecular weight excluding hydrogens is 442 g/mol. The Kier molecular flexibility index (Phi) is 6.53. The van der Waals surface area contributed by atoms with Crippen molar-refractivity contribution in [1.82, 2.24) is 19.0 Å². The second-order valence-corrected chi connectivity index (χ2v) is 11.1. The van der Waals surface area contributed by atoms with Crippen molar-refractivity contribution < 1.29 is 21.6 Å². The summed E-state index contributed by atoms with van der Waals surface area (Å²) in [6, 6.07) is 7.04. The molecule has 0 amide bonds. The van der Waals surface area contributed by atoms with Crippen molar-refractivity contribution in [2.45, 2.75) is 28.7 Å². The van der Waals surface area contributed by atoms with Gasteiger partial charge in [0.2, 0.25) is 26.0 Å². The maximum Gasteiger partial charge on any atom is 0.243 e. The van der Waals surface area contributed by atoms with E-state index in [0.717, 1.165) is 12.8 Å². The highest BCUT2D eigenvalue weighted by Crippen LogP contribution is 2.21. The highest BCUT2D eigenvalue weighted by molar-refractivity contribution is 7.89. The maximum atomic E-state index is 13.0. The highest BCUT2D eigenvalue weighted by Gasteiger charge is 2.29. The normalized spacial score (nSPS) is 20.8. The topological polar surface area (TPSA) is 122 Å². The number of nitrogens with one attached hydrogen (secondary N) is 1. The molecule has 1 aromatic heterocycles. The third kappa shape index (κ3) is 5.04. The largest absolute Gasteiger partial charge is 0.377 e. The van der Waals surface area contributed by atoms with Crippen LogP contribution in [0.4, 0.5) is 5.95 Å². The van der Waals surface area contributed by atoms with Gasteiger partial charge in [-0.3, -0.25) is 0 Å². The predicted octanol–water partition coefficient (Wildman–Crippen LogP) is 0.445. The predicted molar refractivity (Wildman–Crippen MR) is 114 cm³/mol. The Morgan fingerprint density at radius 1 is 0.968 bits per heavy atom. The van der Waals surface area contributed by atoms with Gasteiger partial charge in [-0.2, -0.15) is 4.31 Å². The van der Waals surface area contributed by atoms with Crippen molar-refractivity contribution in [3.63, 3.8) is 0 Å². The molecule has 168 valence electrons. The van der Waals surface area contributed by atoms with Gasteiger partial charge in [-0.25, -0.2) is 31.5 Å². The minimum Gasteiger partial charge on any atom is -0.377 e.